The second-order valence-electron chi connectivity index (χ2n) is 15.6. The molecule has 0 saturated carbocycles. The molecule has 3 aromatic rings. The first-order valence-electron chi connectivity index (χ1n) is 22.6. The lowest BCUT2D eigenvalue weighted by atomic mass is 10.0. The maximum atomic E-state index is 12.7. The van der Waals surface area contributed by atoms with E-state index in [4.69, 9.17) is 18.9 Å². The van der Waals surface area contributed by atoms with Crippen molar-refractivity contribution in [2.45, 2.75) is 168 Å². The second kappa shape index (κ2) is 30.8. The van der Waals surface area contributed by atoms with Gasteiger partial charge < -0.3 is 18.9 Å². The summed E-state index contributed by atoms with van der Waals surface area (Å²) in [6.07, 6.45) is 30.8. The average molecular weight is 801 g/mol. The van der Waals surface area contributed by atoms with Crippen molar-refractivity contribution in [2.24, 2.45) is 5.92 Å². The Morgan fingerprint density at radius 1 is 0.500 bits per heavy atom. The van der Waals surface area contributed by atoms with Gasteiger partial charge in [-0.1, -0.05) is 167 Å². The van der Waals surface area contributed by atoms with Crippen LogP contribution in [-0.4, -0.2) is 47.7 Å². The number of rotatable bonds is 33. The van der Waals surface area contributed by atoms with Gasteiger partial charge in [0.05, 0.1) is 43.7 Å². The van der Waals surface area contributed by atoms with E-state index in [2.05, 4.69) is 16.9 Å². The molecular formula is C49H72N2O7. The fraction of sp³-hybridized carbons (Fsp3) is 0.612. The van der Waals surface area contributed by atoms with Gasteiger partial charge in [0.2, 0.25) is 5.82 Å². The van der Waals surface area contributed by atoms with Crippen LogP contribution >= 0.6 is 0 Å². The number of carbonyl (C=O) groups is 3. The standard InChI is InChI=1S/C49H72N2O7/c1-4-6-7-8-9-10-11-12-13-14-15-16-17-18-22-26-37-57-48(53)43-29-27-41(28-30-43)42-31-33-44(34-32-42)58-49(54)46-50-38-45(39-51-46)55-35-24-21-19-20-23-25-36-56-47(52)40(3)5-2/h27-34,38-40H,4-26,35-37H2,1-3H3. The van der Waals surface area contributed by atoms with E-state index in [1.807, 2.05) is 38.1 Å². The number of hydrogen-bond acceptors (Lipinski definition) is 9. The molecule has 58 heavy (non-hydrogen) atoms. The number of hydrogen-bond donors (Lipinski definition) is 0. The van der Waals surface area contributed by atoms with E-state index in [-0.39, 0.29) is 23.7 Å². The number of unbranched alkanes of at least 4 members (excludes halogenated alkanes) is 20. The Hall–Kier alpha value is -4.27. The molecule has 0 aliphatic rings. The van der Waals surface area contributed by atoms with Gasteiger partial charge in [-0.05, 0) is 61.1 Å². The lowest BCUT2D eigenvalue weighted by Crippen LogP contribution is -2.14. The molecule has 9 heteroatoms. The summed E-state index contributed by atoms with van der Waals surface area (Å²) in [4.78, 5) is 45.2. The third kappa shape index (κ3) is 20.9. The van der Waals surface area contributed by atoms with E-state index in [9.17, 15) is 14.4 Å². The molecule has 0 amide bonds. The monoisotopic (exact) mass is 801 g/mol. The molecule has 2 aromatic carbocycles. The van der Waals surface area contributed by atoms with Crippen LogP contribution in [0.15, 0.2) is 60.9 Å². The molecule has 0 aliphatic carbocycles. The summed E-state index contributed by atoms with van der Waals surface area (Å²) in [5.74, 6) is -0.262. The van der Waals surface area contributed by atoms with Gasteiger partial charge in [-0.25, -0.2) is 19.6 Å². The van der Waals surface area contributed by atoms with Crippen LogP contribution in [0.5, 0.6) is 11.5 Å². The maximum absolute atomic E-state index is 12.7. The van der Waals surface area contributed by atoms with Crippen LogP contribution < -0.4 is 9.47 Å². The molecule has 1 atom stereocenters. The zero-order valence-electron chi connectivity index (χ0n) is 36.0. The van der Waals surface area contributed by atoms with Crippen LogP contribution in [0.2, 0.25) is 0 Å². The maximum Gasteiger partial charge on any atom is 0.381 e. The molecule has 1 unspecified atom stereocenters. The molecule has 0 spiro atoms. The van der Waals surface area contributed by atoms with E-state index in [0.717, 1.165) is 68.9 Å². The predicted octanol–water partition coefficient (Wildman–Crippen LogP) is 13.1. The topological polar surface area (TPSA) is 114 Å². The molecule has 0 N–H and O–H groups in total. The minimum atomic E-state index is -0.656. The van der Waals surface area contributed by atoms with Crippen LogP contribution in [0.25, 0.3) is 11.1 Å². The molecule has 9 nitrogen and oxygen atoms in total. The first-order chi connectivity index (χ1) is 28.4. The molecular weight excluding hydrogens is 729 g/mol. The Bertz CT molecular complexity index is 1530. The summed E-state index contributed by atoms with van der Waals surface area (Å²) < 4.78 is 22.0. The third-order valence-electron chi connectivity index (χ3n) is 10.6. The summed E-state index contributed by atoms with van der Waals surface area (Å²) in [5, 5.41) is 0. The van der Waals surface area contributed by atoms with Crippen molar-refractivity contribution in [3.8, 4) is 22.6 Å². The first-order valence-corrected chi connectivity index (χ1v) is 22.6. The van der Waals surface area contributed by atoms with E-state index in [1.165, 1.54) is 102 Å². The van der Waals surface area contributed by atoms with Gasteiger partial charge >= 0.3 is 17.9 Å². The number of nitrogens with zero attached hydrogens (tertiary/aromatic N) is 2. The minimum absolute atomic E-state index is 0.0274. The minimum Gasteiger partial charge on any atom is -0.490 e. The summed E-state index contributed by atoms with van der Waals surface area (Å²) >= 11 is 0. The van der Waals surface area contributed by atoms with Gasteiger partial charge in [0, 0.05) is 0 Å². The normalized spacial score (nSPS) is 11.6. The molecule has 0 aliphatic heterocycles. The molecule has 1 heterocycles. The number of aromatic nitrogens is 2. The van der Waals surface area contributed by atoms with Crippen molar-refractivity contribution in [3.05, 3.63) is 72.3 Å². The van der Waals surface area contributed by atoms with Crippen molar-refractivity contribution >= 4 is 17.9 Å². The number of esters is 3. The summed E-state index contributed by atoms with van der Waals surface area (Å²) in [7, 11) is 0. The Morgan fingerprint density at radius 2 is 0.931 bits per heavy atom. The molecule has 1 aromatic heterocycles. The zero-order chi connectivity index (χ0) is 41.5. The highest BCUT2D eigenvalue weighted by Crippen LogP contribution is 2.24. The smallest absolute Gasteiger partial charge is 0.381 e. The first kappa shape index (κ1) is 48.1. The molecule has 0 saturated heterocycles. The molecule has 3 rings (SSSR count). The highest BCUT2D eigenvalue weighted by atomic mass is 16.5. The number of benzene rings is 2. The van der Waals surface area contributed by atoms with Crippen LogP contribution in [0.3, 0.4) is 0 Å². The third-order valence-corrected chi connectivity index (χ3v) is 10.6. The Balaban J connectivity index is 1.21. The van der Waals surface area contributed by atoms with Gasteiger partial charge in [-0.15, -0.1) is 0 Å². The zero-order valence-corrected chi connectivity index (χ0v) is 36.0. The van der Waals surface area contributed by atoms with Crippen LogP contribution in [0.1, 0.15) is 189 Å². The SMILES string of the molecule is CCCCCCCCCCCCCCCCCCOC(=O)c1ccc(-c2ccc(OC(=O)c3ncc(OCCCCCCCCOC(=O)C(C)CC)cn3)cc2)cc1. The lowest BCUT2D eigenvalue weighted by molar-refractivity contribution is -0.148. The van der Waals surface area contributed by atoms with Crippen molar-refractivity contribution in [2.75, 3.05) is 19.8 Å². The van der Waals surface area contributed by atoms with Gasteiger partial charge in [0.15, 0.2) is 5.75 Å². The largest absolute Gasteiger partial charge is 0.490 e. The van der Waals surface area contributed by atoms with E-state index < -0.39 is 5.97 Å². The Kier molecular flexibility index (Phi) is 25.5. The fourth-order valence-corrected chi connectivity index (χ4v) is 6.64. The van der Waals surface area contributed by atoms with Gasteiger partial charge in [0.1, 0.15) is 5.75 Å². The van der Waals surface area contributed by atoms with Gasteiger partial charge in [0.25, 0.3) is 0 Å². The Labute approximate surface area is 349 Å². The number of carbonyl (C=O) groups excluding carboxylic acids is 3. The lowest BCUT2D eigenvalue weighted by Gasteiger charge is -2.09. The van der Waals surface area contributed by atoms with Crippen LogP contribution in [0, 0.1) is 5.92 Å². The van der Waals surface area contributed by atoms with Gasteiger partial charge in [-0.3, -0.25) is 4.79 Å². The average Bonchev–Trinajstić information content (AvgIpc) is 3.25. The summed E-state index contributed by atoms with van der Waals surface area (Å²) in [5.41, 5.74) is 2.39. The van der Waals surface area contributed by atoms with E-state index in [0.29, 0.717) is 36.9 Å². The van der Waals surface area contributed by atoms with Crippen LogP contribution in [-0.2, 0) is 14.3 Å². The molecule has 0 radical (unpaired) electrons. The van der Waals surface area contributed by atoms with Crippen LogP contribution in [0.4, 0.5) is 0 Å². The van der Waals surface area contributed by atoms with Crippen molar-refractivity contribution in [1.82, 2.24) is 9.97 Å². The quantitative estimate of drug-likeness (QED) is 0.0337. The number of ether oxygens (including phenoxy) is 4. The second-order valence-corrected chi connectivity index (χ2v) is 15.6. The van der Waals surface area contributed by atoms with Crippen molar-refractivity contribution < 1.29 is 33.3 Å². The van der Waals surface area contributed by atoms with E-state index >= 15 is 0 Å². The van der Waals surface area contributed by atoms with Crippen molar-refractivity contribution in [3.63, 3.8) is 0 Å². The highest BCUT2D eigenvalue weighted by molar-refractivity contribution is 5.90. The molecule has 0 fully saturated rings. The molecule has 320 valence electrons. The van der Waals surface area contributed by atoms with E-state index in [1.54, 1.807) is 24.3 Å². The fourth-order valence-electron chi connectivity index (χ4n) is 6.64. The summed E-state index contributed by atoms with van der Waals surface area (Å²) in [6, 6.07) is 14.5. The molecule has 0 bridgehead atoms. The highest BCUT2D eigenvalue weighted by Gasteiger charge is 2.14. The predicted molar refractivity (Wildman–Crippen MR) is 232 cm³/mol. The Morgan fingerprint density at radius 3 is 1.41 bits per heavy atom. The summed E-state index contributed by atoms with van der Waals surface area (Å²) in [6.45, 7) is 7.64. The van der Waals surface area contributed by atoms with Gasteiger partial charge in [-0.2, -0.15) is 0 Å². The van der Waals surface area contributed by atoms with Crippen molar-refractivity contribution in [1.29, 1.82) is 0 Å².